The van der Waals surface area contributed by atoms with Gasteiger partial charge in [0.15, 0.2) is 0 Å². The van der Waals surface area contributed by atoms with Crippen molar-refractivity contribution >= 4 is 11.8 Å². The van der Waals surface area contributed by atoms with E-state index >= 15 is 0 Å². The SMILES string of the molecule is O=C(NCCN1CCCCC1)[C@H]1CC(=O)N(Cc2ccncc2)C1. The molecule has 2 saturated heterocycles. The summed E-state index contributed by atoms with van der Waals surface area (Å²) in [5.41, 5.74) is 1.05. The van der Waals surface area contributed by atoms with Crippen LogP contribution in [0.1, 0.15) is 31.2 Å². The van der Waals surface area contributed by atoms with Crippen LogP contribution in [0.25, 0.3) is 0 Å². The van der Waals surface area contributed by atoms with Crippen LogP contribution >= 0.6 is 0 Å². The number of hydrogen-bond donors (Lipinski definition) is 1. The number of amides is 2. The van der Waals surface area contributed by atoms with Crippen LogP contribution in [-0.4, -0.2) is 59.3 Å². The quantitative estimate of drug-likeness (QED) is 0.846. The highest BCUT2D eigenvalue weighted by Gasteiger charge is 2.34. The smallest absolute Gasteiger partial charge is 0.225 e. The lowest BCUT2D eigenvalue weighted by Crippen LogP contribution is -2.40. The maximum Gasteiger partial charge on any atom is 0.225 e. The highest BCUT2D eigenvalue weighted by Crippen LogP contribution is 2.20. The molecular formula is C18H26N4O2. The first-order chi connectivity index (χ1) is 11.7. The third kappa shape index (κ3) is 4.54. The normalized spacial score (nSPS) is 21.9. The van der Waals surface area contributed by atoms with Crippen molar-refractivity contribution in [3.8, 4) is 0 Å². The zero-order chi connectivity index (χ0) is 16.8. The van der Waals surface area contributed by atoms with Gasteiger partial charge in [-0.15, -0.1) is 0 Å². The van der Waals surface area contributed by atoms with Crippen molar-refractivity contribution < 1.29 is 9.59 Å². The van der Waals surface area contributed by atoms with E-state index in [9.17, 15) is 9.59 Å². The fraction of sp³-hybridized carbons (Fsp3) is 0.611. The molecule has 3 heterocycles. The lowest BCUT2D eigenvalue weighted by molar-refractivity contribution is -0.129. The Morgan fingerprint density at radius 2 is 1.96 bits per heavy atom. The summed E-state index contributed by atoms with van der Waals surface area (Å²) in [6.07, 6.45) is 7.60. The van der Waals surface area contributed by atoms with Crippen LogP contribution < -0.4 is 5.32 Å². The zero-order valence-corrected chi connectivity index (χ0v) is 14.1. The standard InChI is InChI=1S/C18H26N4O2/c23-17-12-16(14-22(17)13-15-4-6-19-7-5-15)18(24)20-8-11-21-9-2-1-3-10-21/h4-7,16H,1-3,8-14H2,(H,20,24)/t16-/m0/s1. The molecule has 0 unspecified atom stereocenters. The summed E-state index contributed by atoms with van der Waals surface area (Å²) in [5, 5.41) is 3.01. The van der Waals surface area contributed by atoms with E-state index in [1.54, 1.807) is 17.3 Å². The second kappa shape index (κ2) is 8.24. The van der Waals surface area contributed by atoms with E-state index in [1.165, 1.54) is 19.3 Å². The number of nitrogens with zero attached hydrogens (tertiary/aromatic N) is 3. The van der Waals surface area contributed by atoms with Crippen LogP contribution in [0.5, 0.6) is 0 Å². The van der Waals surface area contributed by atoms with Gasteiger partial charge in [0, 0.05) is 45.0 Å². The first-order valence-corrected chi connectivity index (χ1v) is 8.89. The average Bonchev–Trinajstić information content (AvgIpc) is 2.97. The Morgan fingerprint density at radius 1 is 1.21 bits per heavy atom. The van der Waals surface area contributed by atoms with E-state index in [1.807, 2.05) is 12.1 Å². The highest BCUT2D eigenvalue weighted by molar-refractivity contribution is 5.89. The molecule has 0 saturated carbocycles. The fourth-order valence-corrected chi connectivity index (χ4v) is 3.47. The summed E-state index contributed by atoms with van der Waals surface area (Å²) < 4.78 is 0. The Labute approximate surface area is 143 Å². The third-order valence-corrected chi connectivity index (χ3v) is 4.88. The number of carbonyl (C=O) groups is 2. The number of likely N-dealkylation sites (tertiary alicyclic amines) is 2. The summed E-state index contributed by atoms with van der Waals surface area (Å²) in [5.74, 6) is -0.152. The summed E-state index contributed by atoms with van der Waals surface area (Å²) in [7, 11) is 0. The monoisotopic (exact) mass is 330 g/mol. The van der Waals surface area contributed by atoms with Crippen LogP contribution in [0.3, 0.4) is 0 Å². The van der Waals surface area contributed by atoms with E-state index < -0.39 is 0 Å². The molecule has 1 aromatic heterocycles. The Hall–Kier alpha value is -1.95. The van der Waals surface area contributed by atoms with E-state index in [-0.39, 0.29) is 17.7 Å². The molecule has 2 aliphatic rings. The first-order valence-electron chi connectivity index (χ1n) is 8.89. The van der Waals surface area contributed by atoms with Crippen molar-refractivity contribution in [1.82, 2.24) is 20.1 Å². The molecule has 3 rings (SSSR count). The van der Waals surface area contributed by atoms with E-state index in [4.69, 9.17) is 0 Å². The van der Waals surface area contributed by atoms with Gasteiger partial charge in [-0.25, -0.2) is 0 Å². The Kier molecular flexibility index (Phi) is 5.80. The molecule has 2 fully saturated rings. The fourth-order valence-electron chi connectivity index (χ4n) is 3.47. The number of nitrogens with one attached hydrogen (secondary N) is 1. The molecule has 0 bridgehead atoms. The van der Waals surface area contributed by atoms with E-state index in [0.717, 1.165) is 25.2 Å². The van der Waals surface area contributed by atoms with Gasteiger partial charge in [0.1, 0.15) is 0 Å². The van der Waals surface area contributed by atoms with Crippen LogP contribution in [0.2, 0.25) is 0 Å². The molecule has 1 N–H and O–H groups in total. The summed E-state index contributed by atoms with van der Waals surface area (Å²) in [4.78, 5) is 32.6. The van der Waals surface area contributed by atoms with Crippen LogP contribution in [0, 0.1) is 5.92 Å². The molecule has 2 aliphatic heterocycles. The minimum atomic E-state index is -0.222. The predicted molar refractivity (Wildman–Crippen MR) is 91.1 cm³/mol. The van der Waals surface area contributed by atoms with Crippen LogP contribution in [-0.2, 0) is 16.1 Å². The minimum Gasteiger partial charge on any atom is -0.355 e. The van der Waals surface area contributed by atoms with Crippen molar-refractivity contribution in [1.29, 1.82) is 0 Å². The Bertz CT molecular complexity index is 557. The second-order valence-corrected chi connectivity index (χ2v) is 6.72. The van der Waals surface area contributed by atoms with Gasteiger partial charge in [0.2, 0.25) is 11.8 Å². The number of piperidine rings is 1. The minimum absolute atomic E-state index is 0.0117. The summed E-state index contributed by atoms with van der Waals surface area (Å²) >= 11 is 0. The molecule has 0 spiro atoms. The van der Waals surface area contributed by atoms with Crippen LogP contribution in [0.4, 0.5) is 0 Å². The Balaban J connectivity index is 1.42. The highest BCUT2D eigenvalue weighted by atomic mass is 16.2. The molecule has 0 radical (unpaired) electrons. The summed E-state index contributed by atoms with van der Waals surface area (Å²) in [6.45, 7) is 4.92. The molecule has 130 valence electrons. The predicted octanol–water partition coefficient (Wildman–Crippen LogP) is 1.03. The van der Waals surface area contributed by atoms with Crippen molar-refractivity contribution in [3.05, 3.63) is 30.1 Å². The van der Waals surface area contributed by atoms with Gasteiger partial charge in [-0.1, -0.05) is 6.42 Å². The molecule has 6 nitrogen and oxygen atoms in total. The molecule has 6 heteroatoms. The van der Waals surface area contributed by atoms with E-state index in [0.29, 0.717) is 26.1 Å². The maximum atomic E-state index is 12.3. The molecule has 24 heavy (non-hydrogen) atoms. The molecule has 1 aromatic rings. The Morgan fingerprint density at radius 3 is 2.71 bits per heavy atom. The number of aromatic nitrogens is 1. The second-order valence-electron chi connectivity index (χ2n) is 6.72. The summed E-state index contributed by atoms with van der Waals surface area (Å²) in [6, 6.07) is 3.80. The molecular weight excluding hydrogens is 304 g/mol. The van der Waals surface area contributed by atoms with Crippen LogP contribution in [0.15, 0.2) is 24.5 Å². The van der Waals surface area contributed by atoms with Crippen molar-refractivity contribution in [2.24, 2.45) is 5.92 Å². The van der Waals surface area contributed by atoms with Gasteiger partial charge in [-0.2, -0.15) is 0 Å². The van der Waals surface area contributed by atoms with Crippen molar-refractivity contribution in [3.63, 3.8) is 0 Å². The number of carbonyl (C=O) groups excluding carboxylic acids is 2. The van der Waals surface area contributed by atoms with Crippen molar-refractivity contribution in [2.45, 2.75) is 32.2 Å². The van der Waals surface area contributed by atoms with Gasteiger partial charge < -0.3 is 15.1 Å². The lowest BCUT2D eigenvalue weighted by Gasteiger charge is -2.26. The lowest BCUT2D eigenvalue weighted by atomic mass is 10.1. The molecule has 0 aromatic carbocycles. The average molecular weight is 330 g/mol. The number of hydrogen-bond acceptors (Lipinski definition) is 4. The van der Waals surface area contributed by atoms with Gasteiger partial charge in [-0.3, -0.25) is 14.6 Å². The number of rotatable bonds is 6. The largest absolute Gasteiger partial charge is 0.355 e. The topological polar surface area (TPSA) is 65.5 Å². The first kappa shape index (κ1) is 16.9. The molecule has 1 atom stereocenters. The molecule has 0 aliphatic carbocycles. The van der Waals surface area contributed by atoms with Crippen molar-refractivity contribution in [2.75, 3.05) is 32.7 Å². The zero-order valence-electron chi connectivity index (χ0n) is 14.1. The number of pyridine rings is 1. The van der Waals surface area contributed by atoms with E-state index in [2.05, 4.69) is 15.2 Å². The van der Waals surface area contributed by atoms with Gasteiger partial charge in [-0.05, 0) is 43.6 Å². The van der Waals surface area contributed by atoms with Gasteiger partial charge in [0.25, 0.3) is 0 Å². The third-order valence-electron chi connectivity index (χ3n) is 4.88. The maximum absolute atomic E-state index is 12.3. The van der Waals surface area contributed by atoms with Gasteiger partial charge >= 0.3 is 0 Å². The molecule has 2 amide bonds. The van der Waals surface area contributed by atoms with Gasteiger partial charge in [0.05, 0.1) is 5.92 Å².